The molecule has 1 aliphatic rings. The second kappa shape index (κ2) is 10.7. The number of carbonyl (C=O) groups is 1. The van der Waals surface area contributed by atoms with Crippen LogP contribution in [0.25, 0.3) is 0 Å². The lowest BCUT2D eigenvalue weighted by molar-refractivity contribution is -0.120. The monoisotopic (exact) mass is 344 g/mol. The average Bonchev–Trinajstić information content (AvgIpc) is 3.08. The summed E-state index contributed by atoms with van der Waals surface area (Å²) in [7, 11) is 0. The van der Waals surface area contributed by atoms with E-state index in [0.717, 1.165) is 45.0 Å². The minimum atomic E-state index is 0.0878. The summed E-state index contributed by atoms with van der Waals surface area (Å²) in [6.07, 6.45) is 3.73. The van der Waals surface area contributed by atoms with Crippen molar-refractivity contribution in [2.24, 2.45) is 10.9 Å². The Bertz CT molecular complexity index is 544. The molecule has 0 saturated carbocycles. The van der Waals surface area contributed by atoms with Crippen LogP contribution in [0.5, 0.6) is 0 Å². The summed E-state index contributed by atoms with van der Waals surface area (Å²) >= 11 is 0. The van der Waals surface area contributed by atoms with Gasteiger partial charge in [0.15, 0.2) is 5.96 Å². The van der Waals surface area contributed by atoms with Gasteiger partial charge in [0.2, 0.25) is 5.91 Å². The number of nitrogens with zero attached hydrogens (tertiary/aromatic N) is 2. The molecule has 138 valence electrons. The summed E-state index contributed by atoms with van der Waals surface area (Å²) in [5.41, 5.74) is 1.41. The first-order valence-electron chi connectivity index (χ1n) is 9.56. The molecular formula is C20H32N4O. The zero-order valence-electron chi connectivity index (χ0n) is 15.6. The van der Waals surface area contributed by atoms with Crippen LogP contribution in [0.1, 0.15) is 38.7 Å². The molecule has 2 rings (SSSR count). The lowest BCUT2D eigenvalue weighted by Crippen LogP contribution is -2.40. The van der Waals surface area contributed by atoms with E-state index in [4.69, 9.17) is 0 Å². The summed E-state index contributed by atoms with van der Waals surface area (Å²) in [4.78, 5) is 18.7. The number of rotatable bonds is 8. The highest BCUT2D eigenvalue weighted by Gasteiger charge is 2.24. The fourth-order valence-electron chi connectivity index (χ4n) is 3.18. The molecule has 1 saturated heterocycles. The number of aliphatic imine (C=N–C) groups is 1. The molecule has 1 unspecified atom stereocenters. The third kappa shape index (κ3) is 6.77. The maximum Gasteiger partial charge on any atom is 0.221 e. The van der Waals surface area contributed by atoms with Gasteiger partial charge in [-0.15, -0.1) is 0 Å². The summed E-state index contributed by atoms with van der Waals surface area (Å²) in [6, 6.07) is 10.7. The maximum absolute atomic E-state index is 11.7. The summed E-state index contributed by atoms with van der Waals surface area (Å²) in [6.45, 7) is 8.34. The Morgan fingerprint density at radius 2 is 2.04 bits per heavy atom. The molecule has 0 aromatic heterocycles. The van der Waals surface area contributed by atoms with E-state index in [-0.39, 0.29) is 5.91 Å². The first kappa shape index (κ1) is 19.3. The molecule has 1 aromatic carbocycles. The van der Waals surface area contributed by atoms with E-state index in [1.807, 2.05) is 0 Å². The molecule has 1 amide bonds. The second-order valence-electron chi connectivity index (χ2n) is 6.63. The molecule has 25 heavy (non-hydrogen) atoms. The first-order valence-corrected chi connectivity index (χ1v) is 9.56. The molecule has 0 aliphatic carbocycles. The molecule has 1 aliphatic heterocycles. The molecule has 1 atom stereocenters. The largest absolute Gasteiger partial charge is 0.357 e. The van der Waals surface area contributed by atoms with Crippen LogP contribution in [0.15, 0.2) is 35.3 Å². The zero-order valence-corrected chi connectivity index (χ0v) is 15.6. The number of likely N-dealkylation sites (tertiary alicyclic amines) is 1. The van der Waals surface area contributed by atoms with Gasteiger partial charge in [-0.3, -0.25) is 9.79 Å². The molecule has 2 N–H and O–H groups in total. The van der Waals surface area contributed by atoms with E-state index in [1.165, 1.54) is 12.0 Å². The molecule has 1 fully saturated rings. The van der Waals surface area contributed by atoms with Crippen LogP contribution >= 0.6 is 0 Å². The number of amides is 1. The summed E-state index contributed by atoms with van der Waals surface area (Å²) < 4.78 is 0. The Morgan fingerprint density at radius 1 is 1.24 bits per heavy atom. The highest BCUT2D eigenvalue weighted by molar-refractivity contribution is 5.81. The van der Waals surface area contributed by atoms with Crippen LogP contribution in [0.4, 0.5) is 0 Å². The van der Waals surface area contributed by atoms with Crippen molar-refractivity contribution in [1.82, 2.24) is 15.5 Å². The predicted octanol–water partition coefficient (Wildman–Crippen LogP) is 2.43. The van der Waals surface area contributed by atoms with Crippen molar-refractivity contribution in [2.45, 2.75) is 39.5 Å². The predicted molar refractivity (Wildman–Crippen MR) is 104 cm³/mol. The fraction of sp³-hybridized carbons (Fsp3) is 0.600. The molecule has 0 radical (unpaired) electrons. The molecule has 0 spiro atoms. The molecule has 1 heterocycles. The minimum absolute atomic E-state index is 0.0878. The Labute approximate surface area is 151 Å². The SMILES string of the molecule is CCCNC(=O)CCN=C(NCC)N1CCC(Cc2ccccc2)C1. The van der Waals surface area contributed by atoms with Crippen molar-refractivity contribution in [3.05, 3.63) is 35.9 Å². The number of guanidine groups is 1. The van der Waals surface area contributed by atoms with Crippen molar-refractivity contribution < 1.29 is 4.79 Å². The van der Waals surface area contributed by atoms with E-state index in [1.54, 1.807) is 0 Å². The quantitative estimate of drug-likeness (QED) is 0.562. The van der Waals surface area contributed by atoms with Gasteiger partial charge in [-0.1, -0.05) is 37.3 Å². The van der Waals surface area contributed by atoms with Crippen LogP contribution in [0.3, 0.4) is 0 Å². The van der Waals surface area contributed by atoms with E-state index < -0.39 is 0 Å². The molecule has 0 bridgehead atoms. The topological polar surface area (TPSA) is 56.7 Å². The van der Waals surface area contributed by atoms with Gasteiger partial charge in [-0.25, -0.2) is 0 Å². The summed E-state index contributed by atoms with van der Waals surface area (Å²) in [5, 5.41) is 6.27. The fourth-order valence-corrected chi connectivity index (χ4v) is 3.18. The maximum atomic E-state index is 11.7. The van der Waals surface area contributed by atoms with Crippen molar-refractivity contribution >= 4 is 11.9 Å². The van der Waals surface area contributed by atoms with E-state index in [0.29, 0.717) is 18.9 Å². The van der Waals surface area contributed by atoms with Crippen LogP contribution in [0.2, 0.25) is 0 Å². The number of carbonyl (C=O) groups excluding carboxylic acids is 1. The average molecular weight is 345 g/mol. The van der Waals surface area contributed by atoms with Gasteiger partial charge in [0, 0.05) is 32.6 Å². The van der Waals surface area contributed by atoms with Crippen LogP contribution < -0.4 is 10.6 Å². The van der Waals surface area contributed by atoms with Gasteiger partial charge < -0.3 is 15.5 Å². The van der Waals surface area contributed by atoms with Crippen LogP contribution in [-0.2, 0) is 11.2 Å². The number of hydrogen-bond acceptors (Lipinski definition) is 2. The van der Waals surface area contributed by atoms with E-state index in [2.05, 4.69) is 64.7 Å². The van der Waals surface area contributed by atoms with E-state index >= 15 is 0 Å². The lowest BCUT2D eigenvalue weighted by atomic mass is 9.99. The van der Waals surface area contributed by atoms with Crippen molar-refractivity contribution in [2.75, 3.05) is 32.7 Å². The molecule has 1 aromatic rings. The number of benzene rings is 1. The lowest BCUT2D eigenvalue weighted by Gasteiger charge is -2.21. The molecule has 5 nitrogen and oxygen atoms in total. The Hall–Kier alpha value is -2.04. The molecular weight excluding hydrogens is 312 g/mol. The van der Waals surface area contributed by atoms with E-state index in [9.17, 15) is 4.79 Å². The van der Waals surface area contributed by atoms with Gasteiger partial charge in [-0.05, 0) is 37.7 Å². The minimum Gasteiger partial charge on any atom is -0.357 e. The Kier molecular flexibility index (Phi) is 8.29. The third-order valence-electron chi connectivity index (χ3n) is 4.46. The van der Waals surface area contributed by atoms with Crippen LogP contribution in [-0.4, -0.2) is 49.5 Å². The van der Waals surface area contributed by atoms with Gasteiger partial charge >= 0.3 is 0 Å². The Morgan fingerprint density at radius 3 is 2.76 bits per heavy atom. The second-order valence-corrected chi connectivity index (χ2v) is 6.63. The normalized spacial score (nSPS) is 17.6. The first-order chi connectivity index (χ1) is 12.2. The highest BCUT2D eigenvalue weighted by Crippen LogP contribution is 2.20. The zero-order chi connectivity index (χ0) is 17.9. The van der Waals surface area contributed by atoms with Crippen molar-refractivity contribution in [3.63, 3.8) is 0 Å². The van der Waals surface area contributed by atoms with Gasteiger partial charge in [0.1, 0.15) is 0 Å². The van der Waals surface area contributed by atoms with Crippen LogP contribution in [0, 0.1) is 5.92 Å². The molecule has 5 heteroatoms. The van der Waals surface area contributed by atoms with Gasteiger partial charge in [0.25, 0.3) is 0 Å². The Balaban J connectivity index is 1.83. The summed E-state index contributed by atoms with van der Waals surface area (Å²) in [5.74, 6) is 1.70. The van der Waals surface area contributed by atoms with Crippen molar-refractivity contribution in [1.29, 1.82) is 0 Å². The van der Waals surface area contributed by atoms with Crippen molar-refractivity contribution in [3.8, 4) is 0 Å². The standard InChI is InChI=1S/C20H32N4O/c1-3-12-22-19(25)10-13-23-20(21-4-2)24-14-11-18(16-24)15-17-8-6-5-7-9-17/h5-9,18H,3-4,10-16H2,1-2H3,(H,21,23)(H,22,25). The number of nitrogens with one attached hydrogen (secondary N) is 2. The van der Waals surface area contributed by atoms with Gasteiger partial charge in [0.05, 0.1) is 6.54 Å². The highest BCUT2D eigenvalue weighted by atomic mass is 16.1. The van der Waals surface area contributed by atoms with Gasteiger partial charge in [-0.2, -0.15) is 0 Å². The number of hydrogen-bond donors (Lipinski definition) is 2. The third-order valence-corrected chi connectivity index (χ3v) is 4.46. The smallest absolute Gasteiger partial charge is 0.221 e.